The molecule has 1 aromatic carbocycles. The fourth-order valence-electron chi connectivity index (χ4n) is 2.67. The molecule has 132 valence electrons. The molecule has 0 radical (unpaired) electrons. The molecule has 1 atom stereocenters. The Morgan fingerprint density at radius 2 is 1.96 bits per heavy atom. The third-order valence-electron chi connectivity index (χ3n) is 4.32. The van der Waals surface area contributed by atoms with Crippen LogP contribution in [0.3, 0.4) is 0 Å². The second-order valence-electron chi connectivity index (χ2n) is 5.99. The van der Waals surface area contributed by atoms with Crippen molar-refractivity contribution in [2.45, 2.75) is 13.0 Å². The van der Waals surface area contributed by atoms with Crippen molar-refractivity contribution in [1.29, 1.82) is 0 Å². The number of carbonyl (C=O) groups is 1. The predicted molar refractivity (Wildman–Crippen MR) is 92.7 cm³/mol. The molecule has 0 N–H and O–H groups in total. The molecule has 3 rings (SSSR count). The first kappa shape index (κ1) is 17.3. The molecule has 8 heteroatoms. The first-order chi connectivity index (χ1) is 11.8. The molecule has 6 nitrogen and oxygen atoms in total. The smallest absolute Gasteiger partial charge is 0.256 e. The number of likely N-dealkylation sites (N-methyl/N-ethyl adjacent to an activating group) is 1. The molecule has 0 fully saturated rings. The quantitative estimate of drug-likeness (QED) is 0.822. The first-order valence-electron chi connectivity index (χ1n) is 7.79. The van der Waals surface area contributed by atoms with Gasteiger partial charge in [-0.2, -0.15) is 0 Å². The van der Waals surface area contributed by atoms with Gasteiger partial charge < -0.3 is 9.80 Å². The molecule has 0 bridgehead atoms. The summed E-state index contributed by atoms with van der Waals surface area (Å²) in [5, 5.41) is 0. The van der Waals surface area contributed by atoms with Crippen LogP contribution >= 0.6 is 0 Å². The summed E-state index contributed by atoms with van der Waals surface area (Å²) in [6.07, 6.45) is 4.70. The Hall–Kier alpha value is -2.48. The number of hydrogen-bond acceptors (Lipinski definition) is 4. The second-order valence-corrected chi connectivity index (χ2v) is 7.74. The Kier molecular flexibility index (Phi) is 4.47. The summed E-state index contributed by atoms with van der Waals surface area (Å²) in [6.45, 7) is 2.12. The summed E-state index contributed by atoms with van der Waals surface area (Å²) in [5.74, 6) is -0.295. The average molecular weight is 363 g/mol. The second kappa shape index (κ2) is 6.44. The van der Waals surface area contributed by atoms with Crippen molar-refractivity contribution in [2.75, 3.05) is 19.3 Å². The molecule has 1 aromatic rings. The molecule has 2 aliphatic rings. The van der Waals surface area contributed by atoms with E-state index in [2.05, 4.69) is 4.40 Å². The van der Waals surface area contributed by atoms with Gasteiger partial charge in [0.2, 0.25) is 0 Å². The van der Waals surface area contributed by atoms with Crippen LogP contribution in [0.25, 0.3) is 0 Å². The number of rotatable bonds is 3. The van der Waals surface area contributed by atoms with E-state index in [0.29, 0.717) is 11.4 Å². The Bertz CT molecular complexity index is 888. The number of hydrogen-bond donors (Lipinski definition) is 0. The summed E-state index contributed by atoms with van der Waals surface area (Å²) in [6, 6.07) is 5.78. The van der Waals surface area contributed by atoms with E-state index in [0.717, 1.165) is 5.56 Å². The monoisotopic (exact) mass is 363 g/mol. The maximum Gasteiger partial charge on any atom is 0.256 e. The highest BCUT2D eigenvalue weighted by molar-refractivity contribution is 7.90. The lowest BCUT2D eigenvalue weighted by Gasteiger charge is -2.30. The van der Waals surface area contributed by atoms with Crippen LogP contribution in [-0.4, -0.2) is 49.3 Å². The van der Waals surface area contributed by atoms with Crippen molar-refractivity contribution < 1.29 is 17.6 Å². The van der Waals surface area contributed by atoms with Gasteiger partial charge in [-0.1, -0.05) is 12.1 Å². The minimum absolute atomic E-state index is 0.0792. The summed E-state index contributed by atoms with van der Waals surface area (Å²) >= 11 is 0. The number of halogens is 1. The van der Waals surface area contributed by atoms with Crippen molar-refractivity contribution in [2.24, 2.45) is 4.40 Å². The normalized spacial score (nSPS) is 19.6. The van der Waals surface area contributed by atoms with Gasteiger partial charge in [0.05, 0.1) is 17.4 Å². The van der Waals surface area contributed by atoms with Gasteiger partial charge in [0.15, 0.2) is 0 Å². The lowest BCUT2D eigenvalue weighted by Crippen LogP contribution is -2.38. The SMILES string of the molecule is CC(c1ccc(F)cc1)N(C)C(=O)C1=CN2CCS(=O)(=O)N=C2C=C1. The maximum absolute atomic E-state index is 13.1. The van der Waals surface area contributed by atoms with Crippen molar-refractivity contribution in [3.63, 3.8) is 0 Å². The Morgan fingerprint density at radius 3 is 2.64 bits per heavy atom. The molecule has 0 saturated carbocycles. The molecule has 2 aliphatic heterocycles. The number of amidine groups is 1. The number of nitrogens with zero attached hydrogens (tertiary/aromatic N) is 3. The van der Waals surface area contributed by atoms with Crippen LogP contribution in [-0.2, 0) is 14.8 Å². The van der Waals surface area contributed by atoms with Gasteiger partial charge in [-0.25, -0.2) is 12.8 Å². The molecule has 0 aliphatic carbocycles. The highest BCUT2D eigenvalue weighted by Crippen LogP contribution is 2.23. The molecule has 1 amide bonds. The fraction of sp³-hybridized carbons (Fsp3) is 0.294. The Labute approximate surface area is 146 Å². The van der Waals surface area contributed by atoms with Gasteiger partial charge in [0, 0.05) is 19.8 Å². The molecule has 0 saturated heterocycles. The Balaban J connectivity index is 1.78. The van der Waals surface area contributed by atoms with Crippen LogP contribution in [0.4, 0.5) is 4.39 Å². The van der Waals surface area contributed by atoms with E-state index in [9.17, 15) is 17.6 Å². The van der Waals surface area contributed by atoms with Gasteiger partial charge in [0.25, 0.3) is 15.9 Å². The van der Waals surface area contributed by atoms with E-state index < -0.39 is 10.0 Å². The Morgan fingerprint density at radius 1 is 1.28 bits per heavy atom. The minimum atomic E-state index is -3.42. The predicted octanol–water partition coefficient (Wildman–Crippen LogP) is 1.84. The number of fused-ring (bicyclic) bond motifs is 1. The molecule has 2 heterocycles. The summed E-state index contributed by atoms with van der Waals surface area (Å²) < 4.78 is 39.8. The maximum atomic E-state index is 13.1. The van der Waals surface area contributed by atoms with Crippen LogP contribution in [0, 0.1) is 5.82 Å². The average Bonchev–Trinajstić information content (AvgIpc) is 2.59. The topological polar surface area (TPSA) is 70.1 Å². The highest BCUT2D eigenvalue weighted by atomic mass is 32.2. The summed E-state index contributed by atoms with van der Waals surface area (Å²) in [5.41, 5.74) is 1.26. The van der Waals surface area contributed by atoms with Gasteiger partial charge in [-0.3, -0.25) is 4.79 Å². The molecule has 25 heavy (non-hydrogen) atoms. The zero-order chi connectivity index (χ0) is 18.2. The molecular weight excluding hydrogens is 345 g/mol. The van der Waals surface area contributed by atoms with Crippen LogP contribution < -0.4 is 0 Å². The van der Waals surface area contributed by atoms with E-state index in [1.165, 1.54) is 18.2 Å². The van der Waals surface area contributed by atoms with Crippen LogP contribution in [0.5, 0.6) is 0 Å². The van der Waals surface area contributed by atoms with Gasteiger partial charge in [-0.15, -0.1) is 4.40 Å². The number of sulfonamides is 1. The number of benzene rings is 1. The first-order valence-corrected chi connectivity index (χ1v) is 9.39. The van der Waals surface area contributed by atoms with Gasteiger partial charge >= 0.3 is 0 Å². The van der Waals surface area contributed by atoms with Crippen LogP contribution in [0.2, 0.25) is 0 Å². The molecular formula is C17H18FN3O3S. The number of carbonyl (C=O) groups excluding carboxylic acids is 1. The third kappa shape index (κ3) is 3.63. The zero-order valence-corrected chi connectivity index (χ0v) is 14.7. The van der Waals surface area contributed by atoms with E-state index in [1.807, 2.05) is 6.92 Å². The van der Waals surface area contributed by atoms with E-state index in [4.69, 9.17) is 0 Å². The van der Waals surface area contributed by atoms with E-state index in [-0.39, 0.29) is 30.1 Å². The van der Waals surface area contributed by atoms with Crippen molar-refractivity contribution in [1.82, 2.24) is 9.80 Å². The molecule has 0 aromatic heterocycles. The lowest BCUT2D eigenvalue weighted by atomic mass is 10.1. The minimum Gasteiger partial charge on any atom is -0.335 e. The van der Waals surface area contributed by atoms with Crippen LogP contribution in [0.1, 0.15) is 18.5 Å². The fourth-order valence-corrected chi connectivity index (χ4v) is 3.64. The van der Waals surface area contributed by atoms with E-state index >= 15 is 0 Å². The zero-order valence-electron chi connectivity index (χ0n) is 13.9. The van der Waals surface area contributed by atoms with Crippen molar-refractivity contribution in [3.8, 4) is 0 Å². The van der Waals surface area contributed by atoms with Gasteiger partial charge in [-0.05, 0) is 36.8 Å². The highest BCUT2D eigenvalue weighted by Gasteiger charge is 2.27. The van der Waals surface area contributed by atoms with Gasteiger partial charge in [0.1, 0.15) is 11.7 Å². The lowest BCUT2D eigenvalue weighted by molar-refractivity contribution is -0.127. The standard InChI is InChI=1S/C17H18FN3O3S/c1-12(13-3-6-15(18)7-4-13)20(2)17(22)14-5-8-16-19-25(23,24)10-9-21(16)11-14/h3-8,11-12H,9-10H2,1-2H3. The molecule has 0 spiro atoms. The van der Waals surface area contributed by atoms with E-state index in [1.54, 1.807) is 41.3 Å². The van der Waals surface area contributed by atoms with Crippen LogP contribution in [0.15, 0.2) is 52.6 Å². The number of amides is 1. The summed E-state index contributed by atoms with van der Waals surface area (Å²) in [4.78, 5) is 15.9. The third-order valence-corrected chi connectivity index (χ3v) is 5.49. The largest absolute Gasteiger partial charge is 0.335 e. The molecule has 1 unspecified atom stereocenters. The van der Waals surface area contributed by atoms with Crippen molar-refractivity contribution in [3.05, 3.63) is 59.6 Å². The van der Waals surface area contributed by atoms with Crippen molar-refractivity contribution >= 4 is 21.8 Å². The summed E-state index contributed by atoms with van der Waals surface area (Å²) in [7, 11) is -1.74.